The highest BCUT2D eigenvalue weighted by atomic mass is 16.5. The molecule has 3 N–H and O–H groups in total. The van der Waals surface area contributed by atoms with E-state index in [9.17, 15) is 20.1 Å². The Morgan fingerprint density at radius 1 is 1.22 bits per heavy atom. The van der Waals surface area contributed by atoms with Crippen LogP contribution in [0.15, 0.2) is 35.9 Å². The van der Waals surface area contributed by atoms with E-state index in [4.69, 9.17) is 9.47 Å². The number of Topliss-reactive ketones (excluding diaryl/α,β-unsaturated/α-hetero) is 1. The second kappa shape index (κ2) is 7.23. The molecule has 0 bridgehead atoms. The third-order valence-corrected chi connectivity index (χ3v) is 4.59. The van der Waals surface area contributed by atoms with Crippen molar-refractivity contribution in [1.29, 1.82) is 0 Å². The van der Waals surface area contributed by atoms with Crippen LogP contribution in [0.25, 0.3) is 0 Å². The Hall–Kier alpha value is -3.15. The summed E-state index contributed by atoms with van der Waals surface area (Å²) in [6, 6.07) is 5.58. The molecule has 6 nitrogen and oxygen atoms in total. The van der Waals surface area contributed by atoms with Crippen molar-refractivity contribution in [3.63, 3.8) is 0 Å². The smallest absolute Gasteiger partial charge is 0.181 e. The summed E-state index contributed by atoms with van der Waals surface area (Å²) in [5.41, 5.74) is 2.29. The summed E-state index contributed by atoms with van der Waals surface area (Å²) in [4.78, 5) is 13.0. The first-order chi connectivity index (χ1) is 12.8. The number of carbonyl (C=O) groups excluding carboxylic acids is 1. The molecule has 0 saturated heterocycles. The van der Waals surface area contributed by atoms with Crippen LogP contribution in [-0.4, -0.2) is 34.8 Å². The molecule has 6 heteroatoms. The summed E-state index contributed by atoms with van der Waals surface area (Å²) in [6.07, 6.45) is 2.42. The third-order valence-electron chi connectivity index (χ3n) is 4.59. The maximum atomic E-state index is 13.0. The van der Waals surface area contributed by atoms with E-state index in [-0.39, 0.29) is 41.0 Å². The van der Waals surface area contributed by atoms with Gasteiger partial charge in [-0.15, -0.1) is 0 Å². The maximum absolute atomic E-state index is 13.0. The molecule has 0 fully saturated rings. The topological polar surface area (TPSA) is 96.2 Å². The van der Waals surface area contributed by atoms with Gasteiger partial charge in [0.05, 0.1) is 13.0 Å². The molecule has 2 aromatic carbocycles. The number of aromatic hydroxyl groups is 3. The number of ether oxygens (including phenoxy) is 2. The highest BCUT2D eigenvalue weighted by Gasteiger charge is 2.35. The average molecular weight is 370 g/mol. The van der Waals surface area contributed by atoms with Crippen molar-refractivity contribution in [2.75, 3.05) is 13.7 Å². The highest BCUT2D eigenvalue weighted by molar-refractivity contribution is 6.07. The van der Waals surface area contributed by atoms with Gasteiger partial charge in [-0.2, -0.15) is 0 Å². The Bertz CT molecular complexity index is 925. The number of carbonyl (C=O) groups is 1. The van der Waals surface area contributed by atoms with Crippen molar-refractivity contribution in [1.82, 2.24) is 0 Å². The zero-order valence-corrected chi connectivity index (χ0v) is 15.4. The van der Waals surface area contributed by atoms with E-state index < -0.39 is 5.92 Å². The molecule has 0 radical (unpaired) electrons. The van der Waals surface area contributed by atoms with Crippen LogP contribution >= 0.6 is 0 Å². The third kappa shape index (κ3) is 3.43. The minimum absolute atomic E-state index is 0.0324. The summed E-state index contributed by atoms with van der Waals surface area (Å²) in [5, 5.41) is 30.0. The number of benzene rings is 2. The van der Waals surface area contributed by atoms with E-state index in [1.54, 1.807) is 6.07 Å². The summed E-state index contributed by atoms with van der Waals surface area (Å²) in [7, 11) is 1.49. The van der Waals surface area contributed by atoms with Crippen LogP contribution in [0.4, 0.5) is 0 Å². The Morgan fingerprint density at radius 3 is 2.63 bits per heavy atom. The van der Waals surface area contributed by atoms with E-state index in [0.29, 0.717) is 23.3 Å². The standard InChI is InChI=1S/C21H22O6/c1-11(2)4-5-14-16(23)7-6-13(21(14)26-3)15-10-27-18-9-12(22)8-17(24)19(18)20(15)25/h4,6-9,15,22-24H,5,10H2,1-3H3. The molecule has 0 aromatic heterocycles. The van der Waals surface area contributed by atoms with Crippen LogP contribution in [0.5, 0.6) is 28.7 Å². The van der Waals surface area contributed by atoms with E-state index in [2.05, 4.69) is 0 Å². The van der Waals surface area contributed by atoms with Crippen LogP contribution in [0, 0.1) is 0 Å². The van der Waals surface area contributed by atoms with Gasteiger partial charge in [0.1, 0.15) is 40.9 Å². The van der Waals surface area contributed by atoms with E-state index in [0.717, 1.165) is 11.6 Å². The van der Waals surface area contributed by atoms with Crippen molar-refractivity contribution in [3.05, 3.63) is 52.6 Å². The van der Waals surface area contributed by atoms with Gasteiger partial charge in [-0.25, -0.2) is 0 Å². The van der Waals surface area contributed by atoms with Gasteiger partial charge >= 0.3 is 0 Å². The fourth-order valence-corrected chi connectivity index (χ4v) is 3.26. The number of rotatable bonds is 4. The molecule has 1 aliphatic heterocycles. The van der Waals surface area contributed by atoms with Gasteiger partial charge < -0.3 is 24.8 Å². The fourth-order valence-electron chi connectivity index (χ4n) is 3.26. The Balaban J connectivity index is 2.08. The molecular weight excluding hydrogens is 348 g/mol. The van der Waals surface area contributed by atoms with Crippen molar-refractivity contribution >= 4 is 5.78 Å². The van der Waals surface area contributed by atoms with Gasteiger partial charge in [-0.3, -0.25) is 4.79 Å². The zero-order chi connectivity index (χ0) is 19.7. The molecule has 2 aromatic rings. The van der Waals surface area contributed by atoms with Crippen LogP contribution in [0.3, 0.4) is 0 Å². The monoisotopic (exact) mass is 370 g/mol. The molecule has 142 valence electrons. The van der Waals surface area contributed by atoms with Crippen molar-refractivity contribution in [2.24, 2.45) is 0 Å². The lowest BCUT2D eigenvalue weighted by atomic mass is 9.86. The molecule has 0 saturated carbocycles. The number of ketones is 1. The fraction of sp³-hybridized carbons (Fsp3) is 0.286. The van der Waals surface area contributed by atoms with E-state index in [1.165, 1.54) is 19.2 Å². The Morgan fingerprint density at radius 2 is 1.96 bits per heavy atom. The number of fused-ring (bicyclic) bond motifs is 1. The van der Waals surface area contributed by atoms with Crippen LogP contribution in [-0.2, 0) is 6.42 Å². The molecule has 1 atom stereocenters. The molecule has 1 aliphatic rings. The summed E-state index contributed by atoms with van der Waals surface area (Å²) >= 11 is 0. The zero-order valence-electron chi connectivity index (χ0n) is 15.4. The minimum atomic E-state index is -0.700. The van der Waals surface area contributed by atoms with E-state index >= 15 is 0 Å². The van der Waals surface area contributed by atoms with Gasteiger partial charge in [0.25, 0.3) is 0 Å². The van der Waals surface area contributed by atoms with Crippen molar-refractivity contribution in [3.8, 4) is 28.7 Å². The summed E-state index contributed by atoms with van der Waals surface area (Å²) < 4.78 is 11.1. The quantitative estimate of drug-likeness (QED) is 0.711. The number of hydrogen-bond acceptors (Lipinski definition) is 6. The van der Waals surface area contributed by atoms with Gasteiger partial charge in [0.2, 0.25) is 0 Å². The van der Waals surface area contributed by atoms with Crippen molar-refractivity contribution < 1.29 is 29.6 Å². The number of phenolic OH excluding ortho intramolecular Hbond substituents is 3. The van der Waals surface area contributed by atoms with Crippen LogP contribution in [0.2, 0.25) is 0 Å². The molecule has 0 aliphatic carbocycles. The minimum Gasteiger partial charge on any atom is -0.508 e. The first kappa shape index (κ1) is 18.6. The summed E-state index contributed by atoms with van der Waals surface area (Å²) in [6.45, 7) is 3.96. The number of phenols is 3. The lowest BCUT2D eigenvalue weighted by Gasteiger charge is -2.27. The van der Waals surface area contributed by atoms with Gasteiger partial charge in [-0.1, -0.05) is 17.7 Å². The molecule has 0 amide bonds. The average Bonchev–Trinajstić information content (AvgIpc) is 2.60. The highest BCUT2D eigenvalue weighted by Crippen LogP contribution is 2.44. The van der Waals surface area contributed by atoms with E-state index in [1.807, 2.05) is 19.9 Å². The van der Waals surface area contributed by atoms with Gasteiger partial charge in [0.15, 0.2) is 5.78 Å². The van der Waals surface area contributed by atoms with Crippen molar-refractivity contribution in [2.45, 2.75) is 26.2 Å². The van der Waals surface area contributed by atoms with Crippen LogP contribution < -0.4 is 9.47 Å². The second-order valence-corrected chi connectivity index (χ2v) is 6.74. The molecule has 3 rings (SSSR count). The lowest BCUT2D eigenvalue weighted by molar-refractivity contribution is 0.0890. The largest absolute Gasteiger partial charge is 0.508 e. The first-order valence-electron chi connectivity index (χ1n) is 8.58. The molecular formula is C21H22O6. The second-order valence-electron chi connectivity index (χ2n) is 6.74. The van der Waals surface area contributed by atoms with Crippen LogP contribution in [0.1, 0.15) is 41.3 Å². The SMILES string of the molecule is COc1c(C2COc3cc(O)cc(O)c3C2=O)ccc(O)c1CC=C(C)C. The van der Waals surface area contributed by atoms with Gasteiger partial charge in [0, 0.05) is 23.3 Å². The number of methoxy groups -OCH3 is 1. The Labute approximate surface area is 157 Å². The predicted molar refractivity (Wildman–Crippen MR) is 100 cm³/mol. The normalized spacial score (nSPS) is 15.7. The first-order valence-corrected chi connectivity index (χ1v) is 8.58. The molecule has 0 spiro atoms. The summed E-state index contributed by atoms with van der Waals surface area (Å²) in [5.74, 6) is -0.872. The van der Waals surface area contributed by atoms with Gasteiger partial charge in [-0.05, 0) is 26.3 Å². The molecule has 1 unspecified atom stereocenters. The number of allylic oxidation sites excluding steroid dienone is 2. The number of hydrogen-bond donors (Lipinski definition) is 3. The lowest BCUT2D eigenvalue weighted by Crippen LogP contribution is -2.26. The Kier molecular flexibility index (Phi) is 4.99. The predicted octanol–water partition coefficient (Wildman–Crippen LogP) is 3.68. The maximum Gasteiger partial charge on any atom is 0.181 e. The molecule has 1 heterocycles. The molecule has 27 heavy (non-hydrogen) atoms.